The lowest BCUT2D eigenvalue weighted by Gasteiger charge is -2.04. The van der Waals surface area contributed by atoms with Gasteiger partial charge in [-0.3, -0.25) is 0 Å². The average molecular weight is 336 g/mol. The maximum Gasteiger partial charge on any atom is 0.404 e. The van der Waals surface area contributed by atoms with Crippen LogP contribution in [0.3, 0.4) is 0 Å². The second kappa shape index (κ2) is 7.87. The zero-order valence-electron chi connectivity index (χ0n) is 11.7. The van der Waals surface area contributed by atoms with Crippen molar-refractivity contribution in [3.8, 4) is 11.1 Å². The molecule has 3 nitrogen and oxygen atoms in total. The molecule has 0 aliphatic heterocycles. The Labute approximate surface area is 139 Å². The predicted octanol–water partition coefficient (Wildman–Crippen LogP) is 5.33. The maximum atomic E-state index is 10.3. The minimum Gasteiger partial charge on any atom is -0.465 e. The van der Waals surface area contributed by atoms with E-state index in [-0.39, 0.29) is 0 Å². The monoisotopic (exact) mass is 335 g/mol. The van der Waals surface area contributed by atoms with Crippen molar-refractivity contribution in [1.29, 1.82) is 0 Å². The van der Waals surface area contributed by atoms with Crippen molar-refractivity contribution in [1.82, 2.24) is 5.32 Å². The van der Waals surface area contributed by atoms with Gasteiger partial charge >= 0.3 is 6.09 Å². The molecule has 0 aliphatic rings. The number of rotatable bonds is 5. The van der Waals surface area contributed by atoms with E-state index in [9.17, 15) is 4.79 Å². The van der Waals surface area contributed by atoms with E-state index in [1.54, 1.807) is 6.07 Å². The molecule has 0 saturated carbocycles. The van der Waals surface area contributed by atoms with Crippen LogP contribution in [0.15, 0.2) is 48.5 Å². The Morgan fingerprint density at radius 1 is 1.05 bits per heavy atom. The molecule has 0 heterocycles. The fourth-order valence-electron chi connectivity index (χ4n) is 1.94. The minimum atomic E-state index is -1.00. The van der Waals surface area contributed by atoms with Gasteiger partial charge in [-0.2, -0.15) is 0 Å². The normalized spacial score (nSPS) is 10.8. The Balaban J connectivity index is 1.99. The second-order valence-electron chi connectivity index (χ2n) is 4.67. The largest absolute Gasteiger partial charge is 0.465 e. The summed E-state index contributed by atoms with van der Waals surface area (Å²) in [6.45, 7) is 0.410. The third-order valence-electron chi connectivity index (χ3n) is 3.06. The molecule has 0 fully saturated rings. The number of carbonyl (C=O) groups is 1. The van der Waals surface area contributed by atoms with Crippen molar-refractivity contribution in [2.75, 3.05) is 6.54 Å². The first-order valence-corrected chi connectivity index (χ1v) is 7.50. The fourth-order valence-corrected chi connectivity index (χ4v) is 2.24. The molecule has 114 valence electrons. The van der Waals surface area contributed by atoms with Crippen molar-refractivity contribution in [3.63, 3.8) is 0 Å². The summed E-state index contributed by atoms with van der Waals surface area (Å²) in [6, 6.07) is 13.6. The molecule has 0 saturated heterocycles. The number of hydrogen-bond acceptors (Lipinski definition) is 1. The van der Waals surface area contributed by atoms with Crippen LogP contribution in [0, 0.1) is 0 Å². The van der Waals surface area contributed by atoms with Crippen molar-refractivity contribution in [2.24, 2.45) is 0 Å². The van der Waals surface area contributed by atoms with Gasteiger partial charge in [-0.25, -0.2) is 4.79 Å². The van der Waals surface area contributed by atoms with E-state index in [1.165, 1.54) is 0 Å². The lowest BCUT2D eigenvalue weighted by atomic mass is 10.0. The van der Waals surface area contributed by atoms with Gasteiger partial charge < -0.3 is 10.4 Å². The Hall–Kier alpha value is -1.97. The molecule has 0 radical (unpaired) electrons. The van der Waals surface area contributed by atoms with E-state index in [0.717, 1.165) is 16.7 Å². The van der Waals surface area contributed by atoms with Crippen LogP contribution in [0.1, 0.15) is 12.0 Å². The summed E-state index contributed by atoms with van der Waals surface area (Å²) < 4.78 is 0. The van der Waals surface area contributed by atoms with Gasteiger partial charge in [-0.05, 0) is 35.2 Å². The highest BCUT2D eigenvalue weighted by Crippen LogP contribution is 2.28. The highest BCUT2D eigenvalue weighted by molar-refractivity contribution is 6.42. The van der Waals surface area contributed by atoms with Gasteiger partial charge in [-0.1, -0.05) is 65.7 Å². The summed E-state index contributed by atoms with van der Waals surface area (Å²) in [4.78, 5) is 10.3. The van der Waals surface area contributed by atoms with Gasteiger partial charge in [0, 0.05) is 6.54 Å². The van der Waals surface area contributed by atoms with E-state index in [0.29, 0.717) is 23.0 Å². The smallest absolute Gasteiger partial charge is 0.404 e. The van der Waals surface area contributed by atoms with E-state index in [4.69, 9.17) is 28.3 Å². The average Bonchev–Trinajstić information content (AvgIpc) is 2.50. The second-order valence-corrected chi connectivity index (χ2v) is 5.49. The number of amides is 1. The number of benzene rings is 2. The molecule has 0 unspecified atom stereocenters. The molecule has 2 rings (SSSR count). The molecule has 0 bridgehead atoms. The highest BCUT2D eigenvalue weighted by atomic mass is 35.5. The summed E-state index contributed by atoms with van der Waals surface area (Å²) >= 11 is 11.9. The van der Waals surface area contributed by atoms with Gasteiger partial charge in [0.25, 0.3) is 0 Å². The third kappa shape index (κ3) is 4.79. The van der Waals surface area contributed by atoms with E-state index in [1.807, 2.05) is 48.6 Å². The third-order valence-corrected chi connectivity index (χ3v) is 3.80. The molecule has 0 spiro atoms. The number of hydrogen-bond donors (Lipinski definition) is 2. The van der Waals surface area contributed by atoms with Crippen molar-refractivity contribution >= 4 is 35.4 Å². The molecule has 5 heteroatoms. The van der Waals surface area contributed by atoms with Crippen LogP contribution in [-0.4, -0.2) is 17.7 Å². The van der Waals surface area contributed by atoms with Crippen molar-refractivity contribution < 1.29 is 9.90 Å². The van der Waals surface area contributed by atoms with Gasteiger partial charge in [0.1, 0.15) is 0 Å². The molecule has 0 atom stereocenters. The first-order valence-electron chi connectivity index (χ1n) is 6.75. The van der Waals surface area contributed by atoms with E-state index in [2.05, 4.69) is 5.32 Å². The summed E-state index contributed by atoms with van der Waals surface area (Å²) in [6.07, 6.45) is 3.55. The topological polar surface area (TPSA) is 49.3 Å². The number of carboxylic acid groups (broad SMARTS) is 1. The fraction of sp³-hybridized carbons (Fsp3) is 0.118. The molecule has 2 N–H and O–H groups in total. The number of halogens is 2. The lowest BCUT2D eigenvalue weighted by Crippen LogP contribution is -2.21. The SMILES string of the molecule is O=C(O)NCCC=Cc1ccc(-c2ccc(Cl)c(Cl)c2)cc1. The molecule has 2 aromatic carbocycles. The standard InChI is InChI=1S/C17H15Cl2NO2/c18-15-9-8-14(11-16(15)19)13-6-4-12(5-7-13)3-1-2-10-20-17(21)22/h1,3-9,11,20H,2,10H2,(H,21,22). The Morgan fingerprint density at radius 2 is 1.73 bits per heavy atom. The lowest BCUT2D eigenvalue weighted by molar-refractivity contribution is 0.194. The molecule has 0 aromatic heterocycles. The Morgan fingerprint density at radius 3 is 2.36 bits per heavy atom. The van der Waals surface area contributed by atoms with Crippen LogP contribution in [0.25, 0.3) is 17.2 Å². The quantitative estimate of drug-likeness (QED) is 0.725. The molecule has 22 heavy (non-hydrogen) atoms. The molecule has 1 amide bonds. The minimum absolute atomic E-state index is 0.410. The molecule has 0 aliphatic carbocycles. The van der Waals surface area contributed by atoms with Gasteiger partial charge in [0.05, 0.1) is 10.0 Å². The van der Waals surface area contributed by atoms with E-state index >= 15 is 0 Å². The van der Waals surface area contributed by atoms with Crippen LogP contribution in [-0.2, 0) is 0 Å². The Kier molecular flexibility index (Phi) is 5.87. The van der Waals surface area contributed by atoms with Gasteiger partial charge in [-0.15, -0.1) is 0 Å². The summed E-state index contributed by atoms with van der Waals surface area (Å²) in [5.74, 6) is 0. The molecular formula is C17H15Cl2NO2. The van der Waals surface area contributed by atoms with Gasteiger partial charge in [0.2, 0.25) is 0 Å². The first-order chi connectivity index (χ1) is 10.6. The zero-order chi connectivity index (χ0) is 15.9. The summed E-state index contributed by atoms with van der Waals surface area (Å²) in [7, 11) is 0. The van der Waals surface area contributed by atoms with Gasteiger partial charge in [0.15, 0.2) is 0 Å². The van der Waals surface area contributed by atoms with E-state index < -0.39 is 6.09 Å². The van der Waals surface area contributed by atoms with Crippen LogP contribution >= 0.6 is 23.2 Å². The van der Waals surface area contributed by atoms with Crippen LogP contribution in [0.4, 0.5) is 4.79 Å². The van der Waals surface area contributed by atoms with Crippen LogP contribution in [0.5, 0.6) is 0 Å². The zero-order valence-corrected chi connectivity index (χ0v) is 13.2. The summed E-state index contributed by atoms with van der Waals surface area (Å²) in [5, 5.41) is 11.8. The molecular weight excluding hydrogens is 321 g/mol. The van der Waals surface area contributed by atoms with Crippen molar-refractivity contribution in [2.45, 2.75) is 6.42 Å². The van der Waals surface area contributed by atoms with Crippen LogP contribution < -0.4 is 5.32 Å². The van der Waals surface area contributed by atoms with Crippen LogP contribution in [0.2, 0.25) is 10.0 Å². The first kappa shape index (κ1) is 16.4. The maximum absolute atomic E-state index is 10.3. The number of nitrogens with one attached hydrogen (secondary N) is 1. The summed E-state index contributed by atoms with van der Waals surface area (Å²) in [5.41, 5.74) is 3.12. The molecule has 2 aromatic rings. The highest BCUT2D eigenvalue weighted by Gasteiger charge is 2.01. The van der Waals surface area contributed by atoms with Crippen molar-refractivity contribution in [3.05, 3.63) is 64.1 Å². The Bertz CT molecular complexity index is 682. The predicted molar refractivity (Wildman–Crippen MR) is 91.6 cm³/mol.